The van der Waals surface area contributed by atoms with Gasteiger partial charge in [0.2, 0.25) is 5.82 Å². The number of halogens is 3. The van der Waals surface area contributed by atoms with E-state index >= 15 is 0 Å². The van der Waals surface area contributed by atoms with Crippen LogP contribution in [0.15, 0.2) is 36.4 Å². The highest BCUT2D eigenvalue weighted by molar-refractivity contribution is 5.92. The van der Waals surface area contributed by atoms with Crippen molar-refractivity contribution in [3.63, 3.8) is 0 Å². The number of phenolic OH excluding ortho intramolecular Hbond substituents is 2. The number of aromatic nitrogens is 3. The number of amides is 2. The SMILES string of the molecule is CCc1cc(-c2nnc(C(=O)NCC(F)(F)F)n2-c2ccc(CN3CCN(CC4CCN(C(=O)OC(C)(C)C)CC4)CC3)cc2)c(O)cc1O. The van der Waals surface area contributed by atoms with Crippen LogP contribution in [0.4, 0.5) is 18.0 Å². The van der Waals surface area contributed by atoms with Crippen molar-refractivity contribution in [2.24, 2.45) is 5.92 Å². The summed E-state index contributed by atoms with van der Waals surface area (Å²) in [5, 5.41) is 30.7. The number of nitrogens with zero attached hydrogens (tertiary/aromatic N) is 6. The summed E-state index contributed by atoms with van der Waals surface area (Å²) >= 11 is 0. The second-order valence-electron chi connectivity index (χ2n) is 14.0. The van der Waals surface area contributed by atoms with Crippen LogP contribution in [0.25, 0.3) is 17.1 Å². The molecule has 15 heteroatoms. The number of carbonyl (C=O) groups excluding carboxylic acids is 2. The van der Waals surface area contributed by atoms with Crippen LogP contribution >= 0.6 is 0 Å². The maximum absolute atomic E-state index is 12.9. The van der Waals surface area contributed by atoms with Crippen LogP contribution in [0.5, 0.6) is 11.5 Å². The number of hydrogen-bond acceptors (Lipinski definition) is 9. The average Bonchev–Trinajstić information content (AvgIpc) is 3.49. The number of nitrogens with one attached hydrogen (secondary N) is 1. The van der Waals surface area contributed by atoms with Crippen LogP contribution in [0.2, 0.25) is 0 Å². The smallest absolute Gasteiger partial charge is 0.410 e. The molecule has 272 valence electrons. The Kier molecular flexibility index (Phi) is 11.3. The summed E-state index contributed by atoms with van der Waals surface area (Å²) in [6, 6.07) is 9.92. The van der Waals surface area contributed by atoms with Gasteiger partial charge in [-0.05, 0) is 75.3 Å². The number of carbonyl (C=O) groups is 2. The third-order valence-electron chi connectivity index (χ3n) is 8.98. The van der Waals surface area contributed by atoms with Crippen LogP contribution in [0.3, 0.4) is 0 Å². The molecule has 0 bridgehead atoms. The number of piperazine rings is 1. The third kappa shape index (κ3) is 9.44. The molecule has 5 rings (SSSR count). The standard InChI is InChI=1S/C35H46F3N7O5/c1-5-25-18-27(29(47)19-28(25)46)30-40-41-31(32(48)39-22-35(36,37)38)45(30)26-8-6-23(7-9-26)20-42-14-16-43(17-15-42)21-24-10-12-44(13-11-24)33(49)50-34(2,3)4/h6-9,18-19,24,46-47H,5,10-17,20-22H2,1-4H3,(H,39,48). The number of ether oxygens (including phenoxy) is 1. The molecule has 12 nitrogen and oxygen atoms in total. The zero-order valence-electron chi connectivity index (χ0n) is 29.0. The Balaban J connectivity index is 1.22. The zero-order chi connectivity index (χ0) is 36.2. The maximum atomic E-state index is 12.9. The van der Waals surface area contributed by atoms with Crippen molar-refractivity contribution in [1.82, 2.24) is 34.8 Å². The van der Waals surface area contributed by atoms with Crippen molar-refractivity contribution in [3.05, 3.63) is 53.3 Å². The van der Waals surface area contributed by atoms with Gasteiger partial charge >= 0.3 is 12.3 Å². The van der Waals surface area contributed by atoms with Crippen molar-refractivity contribution in [2.75, 3.05) is 52.4 Å². The summed E-state index contributed by atoms with van der Waals surface area (Å²) in [6.45, 7) is 12.6. The lowest BCUT2D eigenvalue weighted by molar-refractivity contribution is -0.123. The highest BCUT2D eigenvalue weighted by Crippen LogP contribution is 2.36. The minimum absolute atomic E-state index is 0.0359. The number of aromatic hydroxyl groups is 2. The molecule has 1 aromatic heterocycles. The van der Waals surface area contributed by atoms with E-state index in [0.29, 0.717) is 43.2 Å². The molecule has 3 N–H and O–H groups in total. The predicted molar refractivity (Wildman–Crippen MR) is 180 cm³/mol. The number of benzene rings is 2. The molecule has 0 saturated carbocycles. The zero-order valence-corrected chi connectivity index (χ0v) is 29.0. The average molecular weight is 702 g/mol. The van der Waals surface area contributed by atoms with E-state index in [1.807, 2.05) is 45.1 Å². The molecule has 0 aliphatic carbocycles. The van der Waals surface area contributed by atoms with Gasteiger partial charge in [0.25, 0.3) is 5.91 Å². The second-order valence-corrected chi connectivity index (χ2v) is 14.0. The van der Waals surface area contributed by atoms with E-state index in [-0.39, 0.29) is 34.8 Å². The summed E-state index contributed by atoms with van der Waals surface area (Å²) in [7, 11) is 0. The number of rotatable bonds is 9. The molecule has 2 aliphatic rings. The van der Waals surface area contributed by atoms with Crippen molar-refractivity contribution >= 4 is 12.0 Å². The summed E-state index contributed by atoms with van der Waals surface area (Å²) in [5.74, 6) is -1.33. The Bertz CT molecular complexity index is 1640. The first kappa shape index (κ1) is 36.9. The fourth-order valence-electron chi connectivity index (χ4n) is 6.32. The molecule has 0 atom stereocenters. The molecule has 0 unspecified atom stereocenters. The molecule has 0 radical (unpaired) electrons. The van der Waals surface area contributed by atoms with Gasteiger partial charge in [-0.2, -0.15) is 13.2 Å². The lowest BCUT2D eigenvalue weighted by Gasteiger charge is -2.39. The largest absolute Gasteiger partial charge is 0.508 e. The first-order chi connectivity index (χ1) is 23.6. The fraction of sp³-hybridized carbons (Fsp3) is 0.543. The Hall–Kier alpha value is -4.37. The predicted octanol–water partition coefficient (Wildman–Crippen LogP) is 4.96. The minimum Gasteiger partial charge on any atom is -0.508 e. The monoisotopic (exact) mass is 701 g/mol. The Labute approximate surface area is 289 Å². The van der Waals surface area contributed by atoms with Crippen molar-refractivity contribution < 1.29 is 37.7 Å². The lowest BCUT2D eigenvalue weighted by atomic mass is 9.96. The van der Waals surface area contributed by atoms with Gasteiger partial charge in [-0.25, -0.2) is 4.79 Å². The number of hydrogen-bond donors (Lipinski definition) is 3. The second kappa shape index (κ2) is 15.3. The van der Waals surface area contributed by atoms with E-state index in [1.54, 1.807) is 17.0 Å². The third-order valence-corrected chi connectivity index (χ3v) is 8.98. The highest BCUT2D eigenvalue weighted by Gasteiger charge is 2.31. The molecule has 0 spiro atoms. The number of aryl methyl sites for hydroxylation is 1. The maximum Gasteiger partial charge on any atom is 0.410 e. The minimum atomic E-state index is -4.62. The molecule has 2 aliphatic heterocycles. The fourth-order valence-corrected chi connectivity index (χ4v) is 6.32. The van der Waals surface area contributed by atoms with Gasteiger partial charge in [-0.3, -0.25) is 14.3 Å². The molecule has 2 fully saturated rings. The molecule has 2 saturated heterocycles. The summed E-state index contributed by atoms with van der Waals surface area (Å²) < 4.78 is 45.5. The molecule has 50 heavy (non-hydrogen) atoms. The molecular formula is C35H46F3N7O5. The van der Waals surface area contributed by atoms with Crippen LogP contribution in [0, 0.1) is 5.92 Å². The Morgan fingerprint density at radius 3 is 2.16 bits per heavy atom. The molecular weight excluding hydrogens is 655 g/mol. The first-order valence-electron chi connectivity index (χ1n) is 17.0. The summed E-state index contributed by atoms with van der Waals surface area (Å²) in [5.41, 5.74) is 1.60. The molecule has 3 heterocycles. The number of likely N-dealkylation sites (tertiary alicyclic amines) is 1. The molecule has 2 aromatic carbocycles. The topological polar surface area (TPSA) is 136 Å². The number of alkyl halides is 3. The highest BCUT2D eigenvalue weighted by atomic mass is 19.4. The van der Waals surface area contributed by atoms with E-state index in [4.69, 9.17) is 4.74 Å². The van der Waals surface area contributed by atoms with Gasteiger partial charge in [-0.15, -0.1) is 10.2 Å². The van der Waals surface area contributed by atoms with Gasteiger partial charge in [0.1, 0.15) is 23.6 Å². The van der Waals surface area contributed by atoms with E-state index < -0.39 is 24.2 Å². The Morgan fingerprint density at radius 1 is 0.920 bits per heavy atom. The van der Waals surface area contributed by atoms with Crippen molar-refractivity contribution in [1.29, 1.82) is 0 Å². The van der Waals surface area contributed by atoms with E-state index in [0.717, 1.165) is 57.2 Å². The summed E-state index contributed by atoms with van der Waals surface area (Å²) in [6.07, 6.45) is -2.52. The molecule has 2 amide bonds. The van der Waals surface area contributed by atoms with Crippen molar-refractivity contribution in [2.45, 2.75) is 65.3 Å². The van der Waals surface area contributed by atoms with Crippen LogP contribution in [-0.4, -0.2) is 116 Å². The molecule has 3 aromatic rings. The first-order valence-corrected chi connectivity index (χ1v) is 17.0. The normalized spacial score (nSPS) is 16.8. The van der Waals surface area contributed by atoms with Crippen LogP contribution in [0.1, 0.15) is 62.3 Å². The number of phenols is 2. The quantitative estimate of drug-likeness (QED) is 0.283. The van der Waals surface area contributed by atoms with Gasteiger partial charge in [0.15, 0.2) is 5.82 Å². The number of piperidine rings is 1. The summed E-state index contributed by atoms with van der Waals surface area (Å²) in [4.78, 5) is 31.9. The van der Waals surface area contributed by atoms with E-state index in [1.165, 1.54) is 10.6 Å². The van der Waals surface area contributed by atoms with Crippen molar-refractivity contribution in [3.8, 4) is 28.6 Å². The van der Waals surface area contributed by atoms with Gasteiger partial charge < -0.3 is 30.1 Å². The van der Waals surface area contributed by atoms with Gasteiger partial charge in [0, 0.05) is 64.1 Å². The lowest BCUT2D eigenvalue weighted by Crippen LogP contribution is -2.49. The Morgan fingerprint density at radius 2 is 1.56 bits per heavy atom. The van der Waals surface area contributed by atoms with E-state index in [2.05, 4.69) is 20.0 Å². The van der Waals surface area contributed by atoms with Crippen LogP contribution in [-0.2, 0) is 17.7 Å². The van der Waals surface area contributed by atoms with Gasteiger partial charge in [-0.1, -0.05) is 19.1 Å². The van der Waals surface area contributed by atoms with Gasteiger partial charge in [0.05, 0.1) is 5.56 Å². The van der Waals surface area contributed by atoms with Crippen LogP contribution < -0.4 is 5.32 Å². The van der Waals surface area contributed by atoms with E-state index in [9.17, 15) is 33.0 Å².